The molecule has 0 saturated heterocycles. The number of aromatic nitrogens is 2. The molecule has 0 aliphatic heterocycles. The van der Waals surface area contributed by atoms with E-state index in [1.165, 1.54) is 0 Å². The van der Waals surface area contributed by atoms with Gasteiger partial charge in [-0.05, 0) is 31.0 Å². The molecule has 1 heterocycles. The quantitative estimate of drug-likeness (QED) is 0.813. The smallest absolute Gasteiger partial charge is 0.107 e. The molecule has 3 nitrogen and oxygen atoms in total. The topological polar surface area (TPSA) is 52.5 Å². The maximum atomic E-state index is 9.83. The number of benzene rings is 1. The van der Waals surface area contributed by atoms with E-state index >= 15 is 0 Å². The molecule has 0 radical (unpaired) electrons. The minimum atomic E-state index is -0.772. The van der Waals surface area contributed by atoms with Crippen LogP contribution in [0.5, 0.6) is 0 Å². The fourth-order valence-electron chi connectivity index (χ4n) is 2.30. The summed E-state index contributed by atoms with van der Waals surface area (Å²) in [4.78, 5) is 7.28. The van der Waals surface area contributed by atoms with Crippen LogP contribution < -0.4 is 0 Å². The normalized spacial score (nSPS) is 14.0. The Morgan fingerprint density at radius 1 is 1.43 bits per heavy atom. The molecule has 2 aromatic rings. The minimum absolute atomic E-state index is 0.461. The van der Waals surface area contributed by atoms with Crippen LogP contribution in [-0.4, -0.2) is 9.97 Å². The molecule has 0 spiro atoms. The van der Waals surface area contributed by atoms with Gasteiger partial charge in [-0.1, -0.05) is 41.4 Å². The Kier molecular flexibility index (Phi) is 5.06. The maximum Gasteiger partial charge on any atom is 0.107 e. The third kappa shape index (κ3) is 3.47. The first-order chi connectivity index (χ1) is 10.1. The van der Waals surface area contributed by atoms with E-state index in [9.17, 15) is 5.26 Å². The van der Waals surface area contributed by atoms with Gasteiger partial charge < -0.3 is 4.98 Å². The Hall–Kier alpha value is -1.76. The van der Waals surface area contributed by atoms with E-state index in [2.05, 4.69) is 16.0 Å². The summed E-state index contributed by atoms with van der Waals surface area (Å²) in [5, 5.41) is 10.9. The van der Waals surface area contributed by atoms with Crippen LogP contribution in [0.1, 0.15) is 24.7 Å². The lowest BCUT2D eigenvalue weighted by molar-refractivity contribution is 0.539. The number of nitrogens with one attached hydrogen (secondary N) is 1. The zero-order valence-electron chi connectivity index (χ0n) is 11.6. The van der Waals surface area contributed by atoms with E-state index in [4.69, 9.17) is 23.2 Å². The molecule has 0 aliphatic rings. The van der Waals surface area contributed by atoms with Gasteiger partial charge in [-0.15, -0.1) is 0 Å². The largest absolute Gasteiger partial charge is 0.349 e. The lowest BCUT2D eigenvalue weighted by atomic mass is 9.75. The van der Waals surface area contributed by atoms with Gasteiger partial charge in [0.05, 0.1) is 11.5 Å². The van der Waals surface area contributed by atoms with Crippen molar-refractivity contribution >= 4 is 23.2 Å². The van der Waals surface area contributed by atoms with E-state index in [1.54, 1.807) is 24.5 Å². The molecule has 2 rings (SSSR count). The lowest BCUT2D eigenvalue weighted by Gasteiger charge is -2.26. The number of rotatable bonds is 5. The van der Waals surface area contributed by atoms with Crippen LogP contribution in [0.3, 0.4) is 0 Å². The highest BCUT2D eigenvalue weighted by molar-refractivity contribution is 6.35. The second kappa shape index (κ2) is 6.80. The van der Waals surface area contributed by atoms with Crippen LogP contribution in [0.25, 0.3) is 0 Å². The van der Waals surface area contributed by atoms with Crippen molar-refractivity contribution < 1.29 is 0 Å². The zero-order chi connectivity index (χ0) is 15.3. The Morgan fingerprint density at radius 3 is 2.81 bits per heavy atom. The predicted molar refractivity (Wildman–Crippen MR) is 85.5 cm³/mol. The van der Waals surface area contributed by atoms with Crippen molar-refractivity contribution in [2.45, 2.75) is 25.2 Å². The van der Waals surface area contributed by atoms with Gasteiger partial charge in [-0.3, -0.25) is 0 Å². The van der Waals surface area contributed by atoms with E-state index in [-0.39, 0.29) is 0 Å². The summed E-state index contributed by atoms with van der Waals surface area (Å²) in [7, 11) is 0. The molecular weight excluding hydrogens is 305 g/mol. The highest BCUT2D eigenvalue weighted by Crippen LogP contribution is 2.37. The van der Waals surface area contributed by atoms with Gasteiger partial charge in [0.1, 0.15) is 5.82 Å². The number of allylic oxidation sites excluding steroid dienone is 2. The number of aromatic amines is 1. The molecule has 108 valence electrons. The van der Waals surface area contributed by atoms with Crippen LogP contribution in [-0.2, 0) is 11.8 Å². The number of halogens is 2. The van der Waals surface area contributed by atoms with Gasteiger partial charge in [0.25, 0.3) is 0 Å². The van der Waals surface area contributed by atoms with Crippen molar-refractivity contribution in [1.29, 1.82) is 5.26 Å². The number of H-pyrrole nitrogens is 1. The van der Waals surface area contributed by atoms with Gasteiger partial charge in [0.2, 0.25) is 0 Å². The van der Waals surface area contributed by atoms with Crippen molar-refractivity contribution in [1.82, 2.24) is 9.97 Å². The van der Waals surface area contributed by atoms with Gasteiger partial charge in [-0.25, -0.2) is 4.98 Å². The van der Waals surface area contributed by atoms with E-state index in [0.29, 0.717) is 22.9 Å². The van der Waals surface area contributed by atoms with Crippen LogP contribution in [0.2, 0.25) is 10.0 Å². The summed E-state index contributed by atoms with van der Waals surface area (Å²) in [6.45, 7) is 1.93. The first-order valence-corrected chi connectivity index (χ1v) is 7.33. The summed E-state index contributed by atoms with van der Waals surface area (Å²) in [6.07, 6.45) is 8.34. The molecule has 0 fully saturated rings. The predicted octanol–water partition coefficient (Wildman–Crippen LogP) is 4.69. The fraction of sp³-hybridized carbons (Fsp3) is 0.250. The van der Waals surface area contributed by atoms with E-state index in [0.717, 1.165) is 11.4 Å². The van der Waals surface area contributed by atoms with Crippen LogP contribution in [0, 0.1) is 11.3 Å². The standard InChI is InChI=1S/C16H15Cl2N3/c1-2-3-6-16(11-19,10-15-20-7-8-21-15)13-5-4-12(17)9-14(13)18/h2-5,7-9H,6,10H2,1H3,(H,20,21)/b3-2+. The minimum Gasteiger partial charge on any atom is -0.349 e. The second-order valence-electron chi connectivity index (χ2n) is 4.80. The fourth-order valence-corrected chi connectivity index (χ4v) is 2.89. The van der Waals surface area contributed by atoms with Crippen molar-refractivity contribution in [3.63, 3.8) is 0 Å². The van der Waals surface area contributed by atoms with Gasteiger partial charge in [0.15, 0.2) is 0 Å². The highest BCUT2D eigenvalue weighted by atomic mass is 35.5. The van der Waals surface area contributed by atoms with E-state index < -0.39 is 5.41 Å². The Balaban J connectivity index is 2.50. The monoisotopic (exact) mass is 319 g/mol. The summed E-state index contributed by atoms with van der Waals surface area (Å²) < 4.78 is 0. The van der Waals surface area contributed by atoms with E-state index in [1.807, 2.05) is 25.1 Å². The molecule has 5 heteroatoms. The molecule has 0 bridgehead atoms. The van der Waals surface area contributed by atoms with Crippen LogP contribution in [0.15, 0.2) is 42.7 Å². The van der Waals surface area contributed by atoms with Crippen LogP contribution in [0.4, 0.5) is 0 Å². The molecule has 0 saturated carbocycles. The molecule has 1 aromatic carbocycles. The number of hydrogen-bond donors (Lipinski definition) is 1. The Bertz CT molecular complexity index is 671. The molecule has 1 aromatic heterocycles. The highest BCUT2D eigenvalue weighted by Gasteiger charge is 2.34. The molecule has 1 atom stereocenters. The SMILES string of the molecule is C/C=C/CC(C#N)(Cc1ncc[nH]1)c1ccc(Cl)cc1Cl. The van der Waals surface area contributed by atoms with Crippen molar-refractivity contribution in [3.05, 3.63) is 64.2 Å². The van der Waals surface area contributed by atoms with Gasteiger partial charge in [0, 0.05) is 28.9 Å². The van der Waals surface area contributed by atoms with Gasteiger partial charge >= 0.3 is 0 Å². The third-order valence-corrected chi connectivity index (χ3v) is 3.93. The average Bonchev–Trinajstić information content (AvgIpc) is 2.96. The molecule has 21 heavy (non-hydrogen) atoms. The Morgan fingerprint density at radius 2 is 2.24 bits per heavy atom. The summed E-state index contributed by atoms with van der Waals surface area (Å²) >= 11 is 12.3. The number of nitriles is 1. The number of imidazole rings is 1. The van der Waals surface area contributed by atoms with Crippen molar-refractivity contribution in [2.75, 3.05) is 0 Å². The summed E-state index contributed by atoms with van der Waals surface area (Å²) in [5.74, 6) is 0.757. The molecule has 0 aliphatic carbocycles. The van der Waals surface area contributed by atoms with Crippen LogP contribution >= 0.6 is 23.2 Å². The van der Waals surface area contributed by atoms with Crippen molar-refractivity contribution in [2.24, 2.45) is 0 Å². The number of hydrogen-bond acceptors (Lipinski definition) is 2. The molecular formula is C16H15Cl2N3. The molecule has 0 amide bonds. The maximum absolute atomic E-state index is 9.83. The van der Waals surface area contributed by atoms with Crippen molar-refractivity contribution in [3.8, 4) is 6.07 Å². The average molecular weight is 320 g/mol. The Labute approximate surface area is 134 Å². The third-order valence-electron chi connectivity index (χ3n) is 3.39. The summed E-state index contributed by atoms with van der Waals surface area (Å²) in [6, 6.07) is 7.67. The lowest BCUT2D eigenvalue weighted by Crippen LogP contribution is -2.27. The molecule has 1 unspecified atom stereocenters. The summed E-state index contributed by atoms with van der Waals surface area (Å²) in [5.41, 5.74) is -0.00275. The van der Waals surface area contributed by atoms with Gasteiger partial charge in [-0.2, -0.15) is 5.26 Å². The molecule has 1 N–H and O–H groups in total. The zero-order valence-corrected chi connectivity index (χ0v) is 13.1. The second-order valence-corrected chi connectivity index (χ2v) is 5.65. The first-order valence-electron chi connectivity index (χ1n) is 6.57. The first kappa shape index (κ1) is 15.6. The number of nitrogens with zero attached hydrogens (tertiary/aromatic N) is 2.